The second kappa shape index (κ2) is 8.14. The SMILES string of the molecule is CCN(CC)C(=O)c1ccc2nc(-c3ccccn3)c(-c3ccccn3)nc2c1. The summed E-state index contributed by atoms with van der Waals surface area (Å²) in [6.07, 6.45) is 3.46. The van der Waals surface area contributed by atoms with E-state index in [4.69, 9.17) is 9.97 Å². The predicted molar refractivity (Wildman–Crippen MR) is 113 cm³/mol. The Labute approximate surface area is 169 Å². The molecule has 0 bridgehead atoms. The number of amides is 1. The van der Waals surface area contributed by atoms with Gasteiger partial charge in [0, 0.05) is 31.0 Å². The van der Waals surface area contributed by atoms with Crippen molar-refractivity contribution in [2.75, 3.05) is 13.1 Å². The highest BCUT2D eigenvalue weighted by Gasteiger charge is 2.17. The zero-order chi connectivity index (χ0) is 20.2. The van der Waals surface area contributed by atoms with Crippen LogP contribution in [0, 0.1) is 0 Å². The minimum atomic E-state index is -0.00751. The van der Waals surface area contributed by atoms with Crippen molar-refractivity contribution in [1.82, 2.24) is 24.8 Å². The monoisotopic (exact) mass is 383 g/mol. The summed E-state index contributed by atoms with van der Waals surface area (Å²) in [5, 5.41) is 0. The van der Waals surface area contributed by atoms with Crippen LogP contribution in [0.2, 0.25) is 0 Å². The van der Waals surface area contributed by atoms with Crippen LogP contribution in [0.3, 0.4) is 0 Å². The molecule has 0 atom stereocenters. The van der Waals surface area contributed by atoms with Gasteiger partial charge in [-0.2, -0.15) is 0 Å². The summed E-state index contributed by atoms with van der Waals surface area (Å²) in [7, 11) is 0. The van der Waals surface area contributed by atoms with Gasteiger partial charge in [0.05, 0.1) is 22.4 Å². The maximum Gasteiger partial charge on any atom is 0.253 e. The largest absolute Gasteiger partial charge is 0.339 e. The lowest BCUT2D eigenvalue weighted by Crippen LogP contribution is -2.30. The molecule has 0 unspecified atom stereocenters. The van der Waals surface area contributed by atoms with Crippen LogP contribution in [0.1, 0.15) is 24.2 Å². The third-order valence-corrected chi connectivity index (χ3v) is 4.78. The zero-order valence-electron chi connectivity index (χ0n) is 16.4. The molecule has 0 saturated heterocycles. The van der Waals surface area contributed by atoms with Crippen molar-refractivity contribution in [3.05, 3.63) is 72.6 Å². The molecule has 0 saturated carbocycles. The third kappa shape index (κ3) is 3.69. The molecule has 0 radical (unpaired) electrons. The summed E-state index contributed by atoms with van der Waals surface area (Å²) < 4.78 is 0. The second-order valence-corrected chi connectivity index (χ2v) is 6.53. The molecule has 1 aromatic carbocycles. The van der Waals surface area contributed by atoms with Gasteiger partial charge < -0.3 is 4.90 Å². The maximum atomic E-state index is 12.7. The molecular formula is C23H21N5O. The molecule has 0 fully saturated rings. The van der Waals surface area contributed by atoms with E-state index in [1.165, 1.54) is 0 Å². The highest BCUT2D eigenvalue weighted by Crippen LogP contribution is 2.29. The third-order valence-electron chi connectivity index (χ3n) is 4.78. The summed E-state index contributed by atoms with van der Waals surface area (Å²) in [6.45, 7) is 5.27. The number of aromatic nitrogens is 4. The molecule has 0 spiro atoms. The number of rotatable bonds is 5. The summed E-state index contributed by atoms with van der Waals surface area (Å²) >= 11 is 0. The van der Waals surface area contributed by atoms with E-state index in [-0.39, 0.29) is 5.91 Å². The van der Waals surface area contributed by atoms with Crippen LogP contribution in [-0.4, -0.2) is 43.8 Å². The Hall–Kier alpha value is -3.67. The zero-order valence-corrected chi connectivity index (χ0v) is 16.4. The smallest absolute Gasteiger partial charge is 0.253 e. The Morgan fingerprint density at radius 2 is 1.38 bits per heavy atom. The van der Waals surface area contributed by atoms with E-state index in [0.29, 0.717) is 46.8 Å². The number of pyridine rings is 2. The van der Waals surface area contributed by atoms with Gasteiger partial charge in [-0.05, 0) is 56.3 Å². The number of benzene rings is 1. The predicted octanol–water partition coefficient (Wildman–Crippen LogP) is 4.24. The molecule has 0 aliphatic heterocycles. The van der Waals surface area contributed by atoms with Crippen LogP contribution in [0.5, 0.6) is 0 Å². The fraction of sp³-hybridized carbons (Fsp3) is 0.174. The minimum Gasteiger partial charge on any atom is -0.339 e. The topological polar surface area (TPSA) is 71.9 Å². The first-order valence-corrected chi connectivity index (χ1v) is 9.65. The molecule has 29 heavy (non-hydrogen) atoms. The van der Waals surface area contributed by atoms with E-state index >= 15 is 0 Å². The molecular weight excluding hydrogens is 362 g/mol. The summed E-state index contributed by atoms with van der Waals surface area (Å²) in [4.78, 5) is 33.1. The van der Waals surface area contributed by atoms with Crippen molar-refractivity contribution >= 4 is 16.9 Å². The van der Waals surface area contributed by atoms with E-state index in [9.17, 15) is 4.79 Å². The first kappa shape index (κ1) is 18.7. The molecule has 144 valence electrons. The molecule has 4 rings (SSSR count). The van der Waals surface area contributed by atoms with Crippen molar-refractivity contribution in [2.45, 2.75) is 13.8 Å². The number of fused-ring (bicyclic) bond motifs is 1. The standard InChI is InChI=1S/C23H21N5O/c1-3-28(4-2)23(29)16-11-12-17-20(15-16)27-22(19-10-6-8-14-25-19)21(26-17)18-9-5-7-13-24-18/h5-15H,3-4H2,1-2H3. The van der Waals surface area contributed by atoms with Crippen LogP contribution in [0.25, 0.3) is 33.8 Å². The summed E-state index contributed by atoms with van der Waals surface area (Å²) in [5.74, 6) is -0.00751. The van der Waals surface area contributed by atoms with E-state index in [1.807, 2.05) is 56.3 Å². The summed E-state index contributed by atoms with van der Waals surface area (Å²) in [5.41, 5.74) is 4.72. The maximum absolute atomic E-state index is 12.7. The lowest BCUT2D eigenvalue weighted by atomic mass is 10.1. The highest BCUT2D eigenvalue weighted by atomic mass is 16.2. The quantitative estimate of drug-likeness (QED) is 0.515. The number of hydrogen-bond acceptors (Lipinski definition) is 5. The first-order chi connectivity index (χ1) is 14.2. The lowest BCUT2D eigenvalue weighted by Gasteiger charge is -2.18. The molecule has 3 aromatic heterocycles. The highest BCUT2D eigenvalue weighted by molar-refractivity contribution is 5.98. The fourth-order valence-corrected chi connectivity index (χ4v) is 3.24. The van der Waals surface area contributed by atoms with Crippen LogP contribution in [-0.2, 0) is 0 Å². The normalized spacial score (nSPS) is 10.8. The van der Waals surface area contributed by atoms with Crippen molar-refractivity contribution < 1.29 is 4.79 Å². The van der Waals surface area contributed by atoms with Gasteiger partial charge in [-0.1, -0.05) is 12.1 Å². The van der Waals surface area contributed by atoms with Gasteiger partial charge in [-0.3, -0.25) is 14.8 Å². The minimum absolute atomic E-state index is 0.00751. The van der Waals surface area contributed by atoms with Crippen molar-refractivity contribution in [3.63, 3.8) is 0 Å². The van der Waals surface area contributed by atoms with Crippen LogP contribution < -0.4 is 0 Å². The molecule has 3 heterocycles. The molecule has 0 aliphatic carbocycles. The first-order valence-electron chi connectivity index (χ1n) is 9.65. The second-order valence-electron chi connectivity index (χ2n) is 6.53. The van der Waals surface area contributed by atoms with Gasteiger partial charge in [0.1, 0.15) is 11.4 Å². The Morgan fingerprint density at radius 1 is 0.793 bits per heavy atom. The number of hydrogen-bond donors (Lipinski definition) is 0. The van der Waals surface area contributed by atoms with Gasteiger partial charge in [0.2, 0.25) is 0 Å². The van der Waals surface area contributed by atoms with Crippen LogP contribution >= 0.6 is 0 Å². The molecule has 0 N–H and O–H groups in total. The fourth-order valence-electron chi connectivity index (χ4n) is 3.24. The Bertz CT molecular complexity index is 1140. The number of nitrogens with zero attached hydrogens (tertiary/aromatic N) is 5. The van der Waals surface area contributed by atoms with Gasteiger partial charge in [-0.25, -0.2) is 9.97 Å². The average Bonchev–Trinajstić information content (AvgIpc) is 2.79. The molecule has 6 heteroatoms. The van der Waals surface area contributed by atoms with Gasteiger partial charge in [0.25, 0.3) is 5.91 Å². The van der Waals surface area contributed by atoms with E-state index in [2.05, 4.69) is 9.97 Å². The molecule has 6 nitrogen and oxygen atoms in total. The van der Waals surface area contributed by atoms with Crippen LogP contribution in [0.15, 0.2) is 67.0 Å². The van der Waals surface area contributed by atoms with Gasteiger partial charge in [-0.15, -0.1) is 0 Å². The molecule has 0 aliphatic rings. The molecule has 1 amide bonds. The van der Waals surface area contributed by atoms with Crippen LogP contribution in [0.4, 0.5) is 0 Å². The Morgan fingerprint density at radius 3 is 1.90 bits per heavy atom. The Balaban J connectivity index is 1.90. The number of carbonyl (C=O) groups excluding carboxylic acids is 1. The average molecular weight is 383 g/mol. The lowest BCUT2D eigenvalue weighted by molar-refractivity contribution is 0.0773. The Kier molecular flexibility index (Phi) is 5.24. The van der Waals surface area contributed by atoms with Gasteiger partial charge >= 0.3 is 0 Å². The van der Waals surface area contributed by atoms with E-state index < -0.39 is 0 Å². The van der Waals surface area contributed by atoms with Crippen molar-refractivity contribution in [1.29, 1.82) is 0 Å². The number of carbonyl (C=O) groups is 1. The van der Waals surface area contributed by atoms with Gasteiger partial charge in [0.15, 0.2) is 0 Å². The summed E-state index contributed by atoms with van der Waals surface area (Å²) in [6, 6.07) is 16.8. The van der Waals surface area contributed by atoms with E-state index in [1.54, 1.807) is 29.4 Å². The molecule has 4 aromatic rings. The van der Waals surface area contributed by atoms with Crippen molar-refractivity contribution in [3.8, 4) is 22.8 Å². The van der Waals surface area contributed by atoms with E-state index in [0.717, 1.165) is 5.69 Å². The van der Waals surface area contributed by atoms with Crippen molar-refractivity contribution in [2.24, 2.45) is 0 Å².